The van der Waals surface area contributed by atoms with Crippen molar-refractivity contribution in [2.45, 2.75) is 44.8 Å². The highest BCUT2D eigenvalue weighted by Crippen LogP contribution is 2.24. The van der Waals surface area contributed by atoms with Crippen molar-refractivity contribution in [3.05, 3.63) is 29.8 Å². The number of nitrogens with one attached hydrogen (secondary N) is 2. The van der Waals surface area contributed by atoms with Gasteiger partial charge in [0.05, 0.1) is 29.7 Å². The van der Waals surface area contributed by atoms with Gasteiger partial charge in [0.2, 0.25) is 0 Å². The van der Waals surface area contributed by atoms with Gasteiger partial charge in [0.1, 0.15) is 6.10 Å². The predicted octanol–water partition coefficient (Wildman–Crippen LogP) is 1.44. The van der Waals surface area contributed by atoms with Gasteiger partial charge in [-0.3, -0.25) is 14.6 Å². The second kappa shape index (κ2) is 6.21. The van der Waals surface area contributed by atoms with E-state index < -0.39 is 0 Å². The fraction of sp³-hybridized carbons (Fsp3) is 0.533. The average molecular weight is 303 g/mol. The number of aryl methyl sites for hydroxylation is 2. The molecule has 0 aliphatic heterocycles. The van der Waals surface area contributed by atoms with Crippen molar-refractivity contribution in [1.82, 2.24) is 25.3 Å². The molecule has 2 aromatic heterocycles. The molecule has 0 radical (unpaired) electrons. The van der Waals surface area contributed by atoms with Gasteiger partial charge in [0, 0.05) is 13.2 Å². The van der Waals surface area contributed by atoms with Gasteiger partial charge in [-0.05, 0) is 25.7 Å². The Balaban J connectivity index is 1.67. The van der Waals surface area contributed by atoms with Crippen molar-refractivity contribution in [3.8, 4) is 5.75 Å². The number of nitrogens with zero attached hydrogens (tertiary/aromatic N) is 3. The maximum atomic E-state index is 12.5. The minimum atomic E-state index is -0.0716. The molecule has 2 aromatic rings. The first kappa shape index (κ1) is 14.6. The maximum absolute atomic E-state index is 12.5. The molecule has 3 rings (SSSR count). The van der Waals surface area contributed by atoms with Crippen LogP contribution in [0.15, 0.2) is 18.6 Å². The van der Waals surface area contributed by atoms with Crippen LogP contribution in [0.25, 0.3) is 0 Å². The van der Waals surface area contributed by atoms with Crippen molar-refractivity contribution in [1.29, 1.82) is 0 Å². The number of H-pyrrole nitrogens is 1. The van der Waals surface area contributed by atoms with Crippen LogP contribution in [-0.2, 0) is 13.5 Å². The molecule has 2 atom stereocenters. The zero-order chi connectivity index (χ0) is 15.5. The largest absolute Gasteiger partial charge is 0.485 e. The van der Waals surface area contributed by atoms with Gasteiger partial charge in [0.25, 0.3) is 5.91 Å². The van der Waals surface area contributed by atoms with Crippen LogP contribution in [0.1, 0.15) is 42.2 Å². The number of carbonyl (C=O) groups excluding carboxylic acids is 1. The quantitative estimate of drug-likeness (QED) is 0.875. The summed E-state index contributed by atoms with van der Waals surface area (Å²) in [6.45, 7) is 2.00. The molecule has 1 fully saturated rings. The minimum absolute atomic E-state index is 0.0108. The molecule has 2 N–H and O–H groups in total. The zero-order valence-corrected chi connectivity index (χ0v) is 12.9. The summed E-state index contributed by atoms with van der Waals surface area (Å²) in [7, 11) is 1.83. The van der Waals surface area contributed by atoms with E-state index in [1.807, 2.05) is 14.0 Å². The second-order valence-corrected chi connectivity index (χ2v) is 5.62. The van der Waals surface area contributed by atoms with Crippen molar-refractivity contribution in [3.63, 3.8) is 0 Å². The Kier molecular flexibility index (Phi) is 4.13. The topological polar surface area (TPSA) is 84.8 Å². The van der Waals surface area contributed by atoms with Crippen molar-refractivity contribution < 1.29 is 9.53 Å². The highest BCUT2D eigenvalue weighted by atomic mass is 16.5. The maximum Gasteiger partial charge on any atom is 0.255 e. The number of rotatable bonds is 5. The number of aromatic amines is 1. The van der Waals surface area contributed by atoms with Crippen molar-refractivity contribution in [2.24, 2.45) is 7.05 Å². The van der Waals surface area contributed by atoms with Crippen LogP contribution in [-0.4, -0.2) is 38.0 Å². The molecule has 7 nitrogen and oxygen atoms in total. The van der Waals surface area contributed by atoms with Crippen molar-refractivity contribution >= 4 is 5.91 Å². The average Bonchev–Trinajstić information content (AvgIpc) is 3.21. The van der Waals surface area contributed by atoms with Crippen molar-refractivity contribution in [2.75, 3.05) is 0 Å². The lowest BCUT2D eigenvalue weighted by Gasteiger charge is -2.21. The SMILES string of the molecule is CCc1nn(C)cc1C(=O)N[C@H]1CCC[C@H]1Oc1cn[nH]c1. The summed E-state index contributed by atoms with van der Waals surface area (Å²) < 4.78 is 7.58. The first-order chi connectivity index (χ1) is 10.7. The van der Waals surface area contributed by atoms with E-state index in [9.17, 15) is 4.79 Å². The van der Waals surface area contributed by atoms with Crippen LogP contribution in [0, 0.1) is 0 Å². The summed E-state index contributed by atoms with van der Waals surface area (Å²) >= 11 is 0. The molecule has 0 bridgehead atoms. The highest BCUT2D eigenvalue weighted by Gasteiger charge is 2.31. The summed E-state index contributed by atoms with van der Waals surface area (Å²) in [4.78, 5) is 12.5. The molecular weight excluding hydrogens is 282 g/mol. The minimum Gasteiger partial charge on any atom is -0.485 e. The summed E-state index contributed by atoms with van der Waals surface area (Å²) in [5.74, 6) is 0.638. The van der Waals surface area contributed by atoms with Crippen LogP contribution >= 0.6 is 0 Å². The highest BCUT2D eigenvalue weighted by molar-refractivity contribution is 5.95. The monoisotopic (exact) mass is 303 g/mol. The summed E-state index contributed by atoms with van der Waals surface area (Å²) in [5.41, 5.74) is 1.48. The van der Waals surface area contributed by atoms with Crippen LogP contribution in [0.2, 0.25) is 0 Å². The van der Waals surface area contributed by atoms with Crippen LogP contribution in [0.4, 0.5) is 0 Å². The van der Waals surface area contributed by atoms with E-state index >= 15 is 0 Å². The first-order valence-electron chi connectivity index (χ1n) is 7.66. The summed E-state index contributed by atoms with van der Waals surface area (Å²) in [6.07, 6.45) is 8.77. The van der Waals surface area contributed by atoms with Gasteiger partial charge in [-0.2, -0.15) is 10.2 Å². The number of hydrogen-bond donors (Lipinski definition) is 2. The predicted molar refractivity (Wildman–Crippen MR) is 80.7 cm³/mol. The van der Waals surface area contributed by atoms with Gasteiger partial charge in [-0.25, -0.2) is 0 Å². The van der Waals surface area contributed by atoms with E-state index in [4.69, 9.17) is 4.74 Å². The van der Waals surface area contributed by atoms with E-state index in [2.05, 4.69) is 20.6 Å². The number of amides is 1. The molecule has 0 saturated heterocycles. The lowest BCUT2D eigenvalue weighted by molar-refractivity contribution is 0.0893. The van der Waals surface area contributed by atoms with Gasteiger partial charge in [-0.1, -0.05) is 6.92 Å². The molecular formula is C15H21N5O2. The van der Waals surface area contributed by atoms with Crippen LogP contribution < -0.4 is 10.1 Å². The molecule has 1 aliphatic carbocycles. The van der Waals surface area contributed by atoms with E-state index in [1.165, 1.54) is 0 Å². The van der Waals surface area contributed by atoms with Gasteiger partial charge in [-0.15, -0.1) is 0 Å². The summed E-state index contributed by atoms with van der Waals surface area (Å²) in [6, 6.07) is 0.0207. The molecule has 0 spiro atoms. The Labute approximate surface area is 129 Å². The standard InChI is InChI=1S/C15H21N5O2/c1-3-12-11(9-20(2)19-12)15(21)18-13-5-4-6-14(13)22-10-7-16-17-8-10/h7-9,13-14H,3-6H2,1-2H3,(H,16,17)(H,18,21)/t13-,14+/m0/s1. The third kappa shape index (κ3) is 2.98. The number of aromatic nitrogens is 4. The van der Waals surface area contributed by atoms with E-state index in [-0.39, 0.29) is 18.1 Å². The van der Waals surface area contributed by atoms with E-state index in [1.54, 1.807) is 23.3 Å². The van der Waals surface area contributed by atoms with Gasteiger partial charge in [0.15, 0.2) is 5.75 Å². The molecule has 118 valence electrons. The molecule has 1 amide bonds. The van der Waals surface area contributed by atoms with Gasteiger partial charge >= 0.3 is 0 Å². The second-order valence-electron chi connectivity index (χ2n) is 5.62. The summed E-state index contributed by atoms with van der Waals surface area (Å²) in [5, 5.41) is 14.0. The normalized spacial score (nSPS) is 21.0. The molecule has 2 heterocycles. The number of carbonyl (C=O) groups is 1. The Morgan fingerprint density at radius 2 is 2.41 bits per heavy atom. The lowest BCUT2D eigenvalue weighted by Crippen LogP contribution is -2.42. The Morgan fingerprint density at radius 1 is 1.55 bits per heavy atom. The third-order valence-electron chi connectivity index (χ3n) is 4.01. The van der Waals surface area contributed by atoms with Gasteiger partial charge < -0.3 is 10.1 Å². The van der Waals surface area contributed by atoms with Crippen LogP contribution in [0.5, 0.6) is 5.75 Å². The van der Waals surface area contributed by atoms with E-state index in [0.717, 1.165) is 31.4 Å². The Morgan fingerprint density at radius 3 is 3.14 bits per heavy atom. The smallest absolute Gasteiger partial charge is 0.255 e. The Hall–Kier alpha value is -2.31. The Bertz CT molecular complexity index is 634. The molecule has 1 aliphatic rings. The molecule has 22 heavy (non-hydrogen) atoms. The first-order valence-corrected chi connectivity index (χ1v) is 7.66. The molecule has 0 aromatic carbocycles. The fourth-order valence-electron chi connectivity index (χ4n) is 2.94. The number of hydrogen-bond acceptors (Lipinski definition) is 4. The zero-order valence-electron chi connectivity index (χ0n) is 12.9. The van der Waals surface area contributed by atoms with Crippen LogP contribution in [0.3, 0.4) is 0 Å². The third-order valence-corrected chi connectivity index (χ3v) is 4.01. The molecule has 0 unspecified atom stereocenters. The molecule has 1 saturated carbocycles. The number of ether oxygens (including phenoxy) is 1. The van der Waals surface area contributed by atoms with E-state index in [0.29, 0.717) is 11.3 Å². The fourth-order valence-corrected chi connectivity index (χ4v) is 2.94. The lowest BCUT2D eigenvalue weighted by atomic mass is 10.1. The molecule has 7 heteroatoms.